The van der Waals surface area contributed by atoms with Gasteiger partial charge in [0.15, 0.2) is 5.69 Å². The molecule has 33 heavy (non-hydrogen) atoms. The van der Waals surface area contributed by atoms with Gasteiger partial charge in [0.1, 0.15) is 11.6 Å². The van der Waals surface area contributed by atoms with E-state index in [2.05, 4.69) is 20.0 Å². The Morgan fingerprint density at radius 3 is 2.61 bits per heavy atom. The molecule has 2 heterocycles. The maximum atomic E-state index is 12.8. The number of sulfonamides is 1. The van der Waals surface area contributed by atoms with Crippen molar-refractivity contribution >= 4 is 27.5 Å². The summed E-state index contributed by atoms with van der Waals surface area (Å²) in [6, 6.07) is 13.1. The zero-order valence-corrected chi connectivity index (χ0v) is 19.3. The van der Waals surface area contributed by atoms with Gasteiger partial charge in [-0.3, -0.25) is 4.79 Å². The number of aromatic nitrogens is 3. The van der Waals surface area contributed by atoms with E-state index >= 15 is 0 Å². The first kappa shape index (κ1) is 22.5. The molecular weight excluding hydrogens is 444 g/mol. The summed E-state index contributed by atoms with van der Waals surface area (Å²) >= 11 is 0. The minimum Gasteiger partial charge on any atom is -0.497 e. The molecule has 1 N–H and O–H groups in total. The number of hydrogen-bond donors (Lipinski definition) is 1. The average molecular weight is 469 g/mol. The first-order chi connectivity index (χ1) is 15.8. The summed E-state index contributed by atoms with van der Waals surface area (Å²) in [5.41, 5.74) is 1.85. The molecule has 4 rings (SSSR count). The molecule has 0 atom stereocenters. The lowest BCUT2D eigenvalue weighted by Crippen LogP contribution is -2.20. The van der Waals surface area contributed by atoms with Gasteiger partial charge in [0.05, 0.1) is 23.4 Å². The number of likely N-dealkylation sites (tertiary alicyclic amines) is 1. The molecular formula is C22H24N6O4S. The molecule has 1 fully saturated rings. The van der Waals surface area contributed by atoms with Crippen molar-refractivity contribution in [3.05, 3.63) is 59.9 Å². The van der Waals surface area contributed by atoms with Crippen LogP contribution < -0.4 is 10.1 Å². The number of benzene rings is 2. The molecule has 11 heteroatoms. The molecule has 0 bridgehead atoms. The number of carbonyl (C=O) groups is 1. The van der Waals surface area contributed by atoms with Crippen LogP contribution in [0.15, 0.2) is 57.8 Å². The van der Waals surface area contributed by atoms with Crippen molar-refractivity contribution in [2.75, 3.05) is 26.0 Å². The van der Waals surface area contributed by atoms with E-state index in [1.54, 1.807) is 24.8 Å². The van der Waals surface area contributed by atoms with Crippen molar-refractivity contribution in [3.8, 4) is 11.4 Å². The second-order valence-corrected chi connectivity index (χ2v) is 9.23. The number of anilines is 1. The molecule has 1 saturated heterocycles. The monoisotopic (exact) mass is 468 g/mol. The summed E-state index contributed by atoms with van der Waals surface area (Å²) in [4.78, 5) is 14.7. The van der Waals surface area contributed by atoms with Crippen molar-refractivity contribution in [2.24, 2.45) is 4.40 Å². The number of methoxy groups -OCH3 is 1. The van der Waals surface area contributed by atoms with Crippen molar-refractivity contribution in [2.45, 2.75) is 24.7 Å². The Labute approximate surface area is 191 Å². The maximum absolute atomic E-state index is 12.8. The number of nitrogens with zero attached hydrogens (tertiary/aromatic N) is 5. The third kappa shape index (κ3) is 4.72. The number of carbonyl (C=O) groups excluding carboxylic acids is 1. The predicted molar refractivity (Wildman–Crippen MR) is 124 cm³/mol. The summed E-state index contributed by atoms with van der Waals surface area (Å²) < 4.78 is 35.9. The van der Waals surface area contributed by atoms with Gasteiger partial charge < -0.3 is 15.0 Å². The molecule has 1 amide bonds. The fourth-order valence-corrected chi connectivity index (χ4v) is 4.62. The van der Waals surface area contributed by atoms with Crippen LogP contribution in [0.3, 0.4) is 0 Å². The number of ether oxygens (including phenoxy) is 1. The van der Waals surface area contributed by atoms with Crippen molar-refractivity contribution in [1.29, 1.82) is 0 Å². The molecule has 0 saturated carbocycles. The van der Waals surface area contributed by atoms with Crippen LogP contribution in [0.1, 0.15) is 29.0 Å². The Kier molecular flexibility index (Phi) is 6.14. The van der Waals surface area contributed by atoms with Crippen LogP contribution in [0.25, 0.3) is 5.69 Å². The largest absolute Gasteiger partial charge is 0.497 e. The number of rotatable bonds is 6. The molecule has 172 valence electrons. The summed E-state index contributed by atoms with van der Waals surface area (Å²) in [5, 5.41) is 10.8. The van der Waals surface area contributed by atoms with Gasteiger partial charge in [-0.05, 0) is 49.7 Å². The fraction of sp³-hybridized carbons (Fsp3) is 0.273. The van der Waals surface area contributed by atoms with Gasteiger partial charge in [-0.15, -0.1) is 9.50 Å². The van der Waals surface area contributed by atoms with Crippen LogP contribution in [-0.4, -0.2) is 60.8 Å². The Morgan fingerprint density at radius 2 is 1.94 bits per heavy atom. The zero-order chi connectivity index (χ0) is 23.6. The molecule has 10 nitrogen and oxygen atoms in total. The molecule has 0 aliphatic carbocycles. The highest BCUT2D eigenvalue weighted by atomic mass is 32.2. The first-order valence-electron chi connectivity index (χ1n) is 10.3. The number of hydrogen-bond acceptors (Lipinski definition) is 6. The van der Waals surface area contributed by atoms with E-state index in [4.69, 9.17) is 4.74 Å². The zero-order valence-electron chi connectivity index (χ0n) is 18.5. The highest BCUT2D eigenvalue weighted by Crippen LogP contribution is 2.21. The lowest BCUT2D eigenvalue weighted by molar-refractivity contribution is 0.102. The molecule has 2 aromatic carbocycles. The van der Waals surface area contributed by atoms with Gasteiger partial charge in [0, 0.05) is 31.8 Å². The Balaban J connectivity index is 1.50. The van der Waals surface area contributed by atoms with E-state index in [0.29, 0.717) is 35.1 Å². The molecule has 3 aromatic rings. The van der Waals surface area contributed by atoms with E-state index in [0.717, 1.165) is 13.0 Å². The summed E-state index contributed by atoms with van der Waals surface area (Å²) in [6.45, 7) is 2.53. The van der Waals surface area contributed by atoms with E-state index in [9.17, 15) is 13.2 Å². The number of nitrogens with one attached hydrogen (secondary N) is 1. The predicted octanol–water partition coefficient (Wildman–Crippen LogP) is 2.65. The molecule has 1 aliphatic heterocycles. The highest BCUT2D eigenvalue weighted by Gasteiger charge is 2.21. The van der Waals surface area contributed by atoms with Gasteiger partial charge in [0.25, 0.3) is 15.9 Å². The normalized spacial score (nSPS) is 15.1. The van der Waals surface area contributed by atoms with Crippen LogP contribution in [0.5, 0.6) is 5.75 Å². The third-order valence-corrected chi connectivity index (χ3v) is 6.70. The number of amides is 1. The molecule has 1 aromatic heterocycles. The third-order valence-electron chi connectivity index (χ3n) is 5.38. The van der Waals surface area contributed by atoms with E-state index in [1.165, 1.54) is 24.3 Å². The minimum absolute atomic E-state index is 0.0634. The van der Waals surface area contributed by atoms with Gasteiger partial charge in [-0.25, -0.2) is 4.68 Å². The second kappa shape index (κ2) is 9.02. The van der Waals surface area contributed by atoms with Crippen LogP contribution in [0.2, 0.25) is 0 Å². The summed E-state index contributed by atoms with van der Waals surface area (Å²) in [5.74, 6) is 0.764. The Hall–Kier alpha value is -3.73. The van der Waals surface area contributed by atoms with E-state index < -0.39 is 15.9 Å². The lowest BCUT2D eigenvalue weighted by Gasteiger charge is -2.11. The van der Waals surface area contributed by atoms with Gasteiger partial charge in [-0.2, -0.15) is 8.42 Å². The SMILES string of the molecule is COc1cccc(-n2nnc(C(=O)Nc3ccc(S(=O)(=O)/N=C4/CCCN4C)cc3)c2C)c1. The average Bonchev–Trinajstić information content (AvgIpc) is 3.39. The van der Waals surface area contributed by atoms with Crippen molar-refractivity contribution in [3.63, 3.8) is 0 Å². The summed E-state index contributed by atoms with van der Waals surface area (Å²) in [7, 11) is -0.418. The Morgan fingerprint density at radius 1 is 1.18 bits per heavy atom. The minimum atomic E-state index is -3.82. The smallest absolute Gasteiger partial charge is 0.283 e. The fourth-order valence-electron chi connectivity index (χ4n) is 3.53. The first-order valence-corrected chi connectivity index (χ1v) is 11.8. The van der Waals surface area contributed by atoms with Crippen LogP contribution in [0.4, 0.5) is 5.69 Å². The van der Waals surface area contributed by atoms with Gasteiger partial charge >= 0.3 is 0 Å². The Bertz CT molecular complexity index is 1310. The molecule has 0 radical (unpaired) electrons. The summed E-state index contributed by atoms with van der Waals surface area (Å²) in [6.07, 6.45) is 1.53. The van der Waals surface area contributed by atoms with Crippen molar-refractivity contribution < 1.29 is 17.9 Å². The molecule has 0 spiro atoms. The molecule has 1 aliphatic rings. The van der Waals surface area contributed by atoms with E-state index in [1.807, 2.05) is 30.1 Å². The standard InChI is InChI=1S/C22H24N6O4S/c1-15-21(24-26-28(15)17-6-4-7-18(14-17)32-3)22(29)23-16-9-11-19(12-10-16)33(30,31)25-20-8-5-13-27(20)2/h4,6-7,9-12,14H,5,8,13H2,1-3H3,(H,23,29)/b25-20-. The topological polar surface area (TPSA) is 119 Å². The van der Waals surface area contributed by atoms with Crippen LogP contribution in [0, 0.1) is 6.92 Å². The lowest BCUT2D eigenvalue weighted by atomic mass is 10.2. The highest BCUT2D eigenvalue weighted by molar-refractivity contribution is 7.90. The second-order valence-electron chi connectivity index (χ2n) is 7.62. The van der Waals surface area contributed by atoms with Crippen LogP contribution >= 0.6 is 0 Å². The van der Waals surface area contributed by atoms with Gasteiger partial charge in [0.2, 0.25) is 0 Å². The number of amidine groups is 1. The quantitative estimate of drug-likeness (QED) is 0.591. The van der Waals surface area contributed by atoms with Crippen molar-refractivity contribution in [1.82, 2.24) is 19.9 Å². The van der Waals surface area contributed by atoms with Crippen LogP contribution in [-0.2, 0) is 10.0 Å². The molecule has 0 unspecified atom stereocenters. The van der Waals surface area contributed by atoms with Gasteiger partial charge in [-0.1, -0.05) is 11.3 Å². The van der Waals surface area contributed by atoms with E-state index in [-0.39, 0.29) is 10.6 Å². The maximum Gasteiger partial charge on any atom is 0.283 e.